The van der Waals surface area contributed by atoms with Gasteiger partial charge in [0, 0.05) is 16.1 Å². The van der Waals surface area contributed by atoms with Crippen molar-refractivity contribution in [2.75, 3.05) is 12.4 Å². The van der Waals surface area contributed by atoms with Gasteiger partial charge in [-0.3, -0.25) is 10.1 Å². The number of anilines is 1. The molecule has 1 atom stereocenters. The highest BCUT2D eigenvalue weighted by Gasteiger charge is 2.52. The van der Waals surface area contributed by atoms with Gasteiger partial charge in [-0.25, -0.2) is 4.79 Å². The lowest BCUT2D eigenvalue weighted by Crippen LogP contribution is -2.21. The van der Waals surface area contributed by atoms with Gasteiger partial charge >= 0.3 is 12.1 Å². The highest BCUT2D eigenvalue weighted by molar-refractivity contribution is 6.31. The second kappa shape index (κ2) is 10.3. The van der Waals surface area contributed by atoms with E-state index in [9.17, 15) is 9.59 Å². The normalized spacial score (nSPS) is 14.4. The predicted octanol–water partition coefficient (Wildman–Crippen LogP) is 7.48. The molecular formula is C30H27ClN2O5. The average molecular weight is 531 g/mol. The molecule has 0 bridgehead atoms. The Morgan fingerprint density at radius 1 is 0.974 bits per heavy atom. The summed E-state index contributed by atoms with van der Waals surface area (Å²) in [5.41, 5.74) is 4.95. The van der Waals surface area contributed by atoms with Crippen molar-refractivity contribution in [2.24, 2.45) is 0 Å². The van der Waals surface area contributed by atoms with Crippen LogP contribution in [0.1, 0.15) is 42.7 Å². The van der Waals surface area contributed by atoms with Crippen LogP contribution in [0.5, 0.6) is 0 Å². The molecule has 1 unspecified atom stereocenters. The van der Waals surface area contributed by atoms with Crippen molar-refractivity contribution in [3.05, 3.63) is 94.6 Å². The highest BCUT2D eigenvalue weighted by atomic mass is 35.5. The number of aromatic nitrogens is 1. The predicted molar refractivity (Wildman–Crippen MR) is 145 cm³/mol. The number of ether oxygens (including phenoxy) is 2. The molecule has 1 saturated carbocycles. The Morgan fingerprint density at radius 3 is 2.18 bits per heavy atom. The molecule has 38 heavy (non-hydrogen) atoms. The lowest BCUT2D eigenvalue weighted by Gasteiger charge is -2.15. The van der Waals surface area contributed by atoms with Gasteiger partial charge < -0.3 is 14.0 Å². The molecule has 1 amide bonds. The van der Waals surface area contributed by atoms with Crippen molar-refractivity contribution in [1.82, 2.24) is 5.16 Å². The quantitative estimate of drug-likeness (QED) is 0.249. The summed E-state index contributed by atoms with van der Waals surface area (Å²) >= 11 is 6.23. The number of nitrogens with zero attached hydrogens (tertiary/aromatic N) is 1. The van der Waals surface area contributed by atoms with Gasteiger partial charge in [0.2, 0.25) is 0 Å². The van der Waals surface area contributed by atoms with E-state index in [0.717, 1.165) is 35.1 Å². The van der Waals surface area contributed by atoms with Crippen LogP contribution in [0.2, 0.25) is 5.02 Å². The van der Waals surface area contributed by atoms with Gasteiger partial charge in [-0.15, -0.1) is 0 Å². The number of benzene rings is 3. The number of methoxy groups -OCH3 is 1. The zero-order valence-corrected chi connectivity index (χ0v) is 22.0. The van der Waals surface area contributed by atoms with Gasteiger partial charge in [0.25, 0.3) is 0 Å². The maximum atomic E-state index is 12.7. The molecule has 8 heteroatoms. The Morgan fingerprint density at radius 2 is 1.58 bits per heavy atom. The van der Waals surface area contributed by atoms with Crippen molar-refractivity contribution in [1.29, 1.82) is 0 Å². The SMILES string of the molecule is COC(=O)C1(c2ccc(-c3ccc(-c4onc(C)c4NC(=O)OC(C)c4ccccc4Cl)cc3)cc2)CC1. The number of aryl methyl sites for hydroxylation is 1. The molecule has 1 N–H and O–H groups in total. The van der Waals surface area contributed by atoms with Gasteiger partial charge in [0.1, 0.15) is 17.5 Å². The Labute approximate surface area is 225 Å². The van der Waals surface area contributed by atoms with Gasteiger partial charge in [0.15, 0.2) is 5.76 Å². The molecule has 5 rings (SSSR count). The number of halogens is 1. The first-order valence-electron chi connectivity index (χ1n) is 12.3. The molecule has 1 fully saturated rings. The molecule has 1 aliphatic carbocycles. The first-order valence-corrected chi connectivity index (χ1v) is 12.7. The molecule has 0 radical (unpaired) electrons. The summed E-state index contributed by atoms with van der Waals surface area (Å²) in [6.07, 6.45) is 0.447. The Bertz CT molecular complexity index is 1470. The molecule has 3 aromatic carbocycles. The molecule has 4 aromatic rings. The third-order valence-electron chi connectivity index (χ3n) is 6.96. The maximum Gasteiger partial charge on any atom is 0.412 e. The third kappa shape index (κ3) is 4.89. The van der Waals surface area contributed by atoms with E-state index in [1.165, 1.54) is 7.11 Å². The largest absolute Gasteiger partial charge is 0.468 e. The summed E-state index contributed by atoms with van der Waals surface area (Å²) in [7, 11) is 1.43. The molecule has 1 heterocycles. The molecule has 0 aliphatic heterocycles. The highest BCUT2D eigenvalue weighted by Crippen LogP contribution is 2.49. The summed E-state index contributed by atoms with van der Waals surface area (Å²) in [5, 5.41) is 7.33. The fourth-order valence-corrected chi connectivity index (χ4v) is 4.89. The summed E-state index contributed by atoms with van der Waals surface area (Å²) in [6.45, 7) is 3.50. The van der Waals surface area contributed by atoms with Crippen LogP contribution in [-0.2, 0) is 19.7 Å². The number of hydrogen-bond acceptors (Lipinski definition) is 6. The molecule has 0 saturated heterocycles. The summed E-state index contributed by atoms with van der Waals surface area (Å²) in [5.74, 6) is 0.254. The van der Waals surface area contributed by atoms with Crippen molar-refractivity contribution in [3.63, 3.8) is 0 Å². The zero-order valence-electron chi connectivity index (χ0n) is 21.3. The van der Waals surface area contributed by atoms with Gasteiger partial charge in [0.05, 0.1) is 12.5 Å². The van der Waals surface area contributed by atoms with E-state index >= 15 is 0 Å². The van der Waals surface area contributed by atoms with Crippen LogP contribution in [0, 0.1) is 6.92 Å². The molecule has 1 aliphatic rings. The lowest BCUT2D eigenvalue weighted by molar-refractivity contribution is -0.143. The van der Waals surface area contributed by atoms with Crippen molar-refractivity contribution in [2.45, 2.75) is 38.2 Å². The lowest BCUT2D eigenvalue weighted by atomic mass is 9.93. The first-order chi connectivity index (χ1) is 18.3. The molecule has 1 aromatic heterocycles. The van der Waals surface area contributed by atoms with Crippen LogP contribution in [0.15, 0.2) is 77.3 Å². The minimum atomic E-state index is -0.637. The summed E-state index contributed by atoms with van der Waals surface area (Å²) in [6, 6.07) is 23.0. The number of carbonyl (C=O) groups excluding carboxylic acids is 2. The Hall–Kier alpha value is -4.10. The number of hydrogen-bond donors (Lipinski definition) is 1. The van der Waals surface area contributed by atoms with E-state index in [2.05, 4.69) is 10.5 Å². The number of rotatable bonds is 7. The van der Waals surface area contributed by atoms with E-state index in [1.54, 1.807) is 19.9 Å². The Kier molecular flexibility index (Phi) is 6.95. The summed E-state index contributed by atoms with van der Waals surface area (Å²) < 4.78 is 16.1. The number of esters is 1. The fraction of sp³-hybridized carbons (Fsp3) is 0.233. The second-order valence-corrected chi connectivity index (χ2v) is 9.80. The van der Waals surface area contributed by atoms with Gasteiger partial charge in [-0.1, -0.05) is 83.5 Å². The fourth-order valence-electron chi connectivity index (χ4n) is 4.60. The maximum absolute atomic E-state index is 12.7. The van der Waals surface area contributed by atoms with Crippen LogP contribution < -0.4 is 5.32 Å². The standard InChI is InChI=1S/C30H27ClN2O5/c1-18-26(32-29(35)37-19(2)24-6-4-5-7-25(24)31)27(38-33-18)22-10-8-20(9-11-22)21-12-14-23(15-13-21)30(16-17-30)28(34)36-3/h4-15,19H,16-17H2,1-3H3,(H,32,35). The third-order valence-corrected chi connectivity index (χ3v) is 7.31. The van der Waals surface area contributed by atoms with E-state index < -0.39 is 17.6 Å². The number of nitrogens with one attached hydrogen (secondary N) is 1. The Balaban J connectivity index is 1.30. The zero-order chi connectivity index (χ0) is 26.9. The topological polar surface area (TPSA) is 90.7 Å². The number of carbonyl (C=O) groups is 2. The molecular weight excluding hydrogens is 504 g/mol. The van der Waals surface area contributed by atoms with Crippen molar-refractivity contribution < 1.29 is 23.6 Å². The molecule has 0 spiro atoms. The molecule has 194 valence electrons. The minimum Gasteiger partial charge on any atom is -0.468 e. The van der Waals surface area contributed by atoms with Crippen LogP contribution >= 0.6 is 11.6 Å². The average Bonchev–Trinajstić information content (AvgIpc) is 3.67. The smallest absolute Gasteiger partial charge is 0.412 e. The van der Waals surface area contributed by atoms with E-state index in [1.807, 2.05) is 66.7 Å². The van der Waals surface area contributed by atoms with E-state index in [4.69, 9.17) is 25.6 Å². The van der Waals surface area contributed by atoms with Crippen LogP contribution in [-0.4, -0.2) is 24.3 Å². The van der Waals surface area contributed by atoms with Gasteiger partial charge in [-0.05, 0) is 49.4 Å². The number of amides is 1. The minimum absolute atomic E-state index is 0.177. The first kappa shape index (κ1) is 25.5. The van der Waals surface area contributed by atoms with E-state index in [-0.39, 0.29) is 5.97 Å². The second-order valence-electron chi connectivity index (χ2n) is 9.39. The van der Waals surface area contributed by atoms with Gasteiger partial charge in [-0.2, -0.15) is 0 Å². The van der Waals surface area contributed by atoms with Crippen molar-refractivity contribution in [3.8, 4) is 22.5 Å². The van der Waals surface area contributed by atoms with Crippen LogP contribution in [0.25, 0.3) is 22.5 Å². The monoisotopic (exact) mass is 530 g/mol. The summed E-state index contributed by atoms with van der Waals surface area (Å²) in [4.78, 5) is 24.8. The van der Waals surface area contributed by atoms with Crippen molar-refractivity contribution >= 4 is 29.4 Å². The van der Waals surface area contributed by atoms with E-state index in [0.29, 0.717) is 27.7 Å². The van der Waals surface area contributed by atoms with Crippen LogP contribution in [0.3, 0.4) is 0 Å². The van der Waals surface area contributed by atoms with Crippen LogP contribution in [0.4, 0.5) is 10.5 Å². The molecule has 7 nitrogen and oxygen atoms in total.